The maximum atomic E-state index is 8.89. The van der Waals surface area contributed by atoms with Gasteiger partial charge in [-0.1, -0.05) is 42.5 Å². The lowest BCUT2D eigenvalue weighted by atomic mass is 10.1. The highest BCUT2D eigenvalue weighted by Gasteiger charge is 2.00. The van der Waals surface area contributed by atoms with Crippen LogP contribution in [0.1, 0.15) is 0 Å². The van der Waals surface area contributed by atoms with E-state index in [0.717, 1.165) is 5.69 Å². The lowest BCUT2D eigenvalue weighted by Crippen LogP contribution is -2.20. The highest BCUT2D eigenvalue weighted by Crippen LogP contribution is 2.22. The summed E-state index contributed by atoms with van der Waals surface area (Å²) in [6.45, 7) is 0.835. The molecule has 2 aromatic carbocycles. The molecule has 0 spiro atoms. The molecule has 88 valence electrons. The molecule has 2 heteroatoms. The van der Waals surface area contributed by atoms with Crippen LogP contribution in [0.3, 0.4) is 0 Å². The number of hydrogen-bond donors (Lipinski definition) is 1. The summed E-state index contributed by atoms with van der Waals surface area (Å²) in [5, 5.41) is 8.89. The molecule has 2 rings (SSSR count). The van der Waals surface area contributed by atoms with Gasteiger partial charge < -0.3 is 10.0 Å². The van der Waals surface area contributed by atoms with Gasteiger partial charge in [0, 0.05) is 19.3 Å². The zero-order valence-electron chi connectivity index (χ0n) is 10.0. The fraction of sp³-hybridized carbons (Fsp3) is 0.200. The molecule has 0 saturated carbocycles. The fourth-order valence-electron chi connectivity index (χ4n) is 1.82. The van der Waals surface area contributed by atoms with Crippen LogP contribution in [-0.4, -0.2) is 25.3 Å². The molecule has 0 radical (unpaired) electrons. The number of likely N-dealkylation sites (N-methyl/N-ethyl adjacent to an activating group) is 1. The first kappa shape index (κ1) is 11.7. The topological polar surface area (TPSA) is 23.5 Å². The molecule has 0 bridgehead atoms. The van der Waals surface area contributed by atoms with Crippen LogP contribution in [-0.2, 0) is 0 Å². The molecule has 0 aliphatic carbocycles. The van der Waals surface area contributed by atoms with Crippen LogP contribution >= 0.6 is 0 Å². The van der Waals surface area contributed by atoms with Gasteiger partial charge in [-0.15, -0.1) is 0 Å². The number of aliphatic hydroxyl groups is 1. The molecule has 1 N–H and O–H groups in total. The highest BCUT2D eigenvalue weighted by molar-refractivity contribution is 5.66. The second-order valence-corrected chi connectivity index (χ2v) is 4.06. The van der Waals surface area contributed by atoms with Gasteiger partial charge in [0.05, 0.1) is 6.61 Å². The van der Waals surface area contributed by atoms with Gasteiger partial charge in [-0.2, -0.15) is 0 Å². The summed E-state index contributed by atoms with van der Waals surface area (Å²) < 4.78 is 0. The molecule has 17 heavy (non-hydrogen) atoms. The van der Waals surface area contributed by atoms with Gasteiger partial charge in [0.15, 0.2) is 0 Å². The Bertz CT molecular complexity index is 450. The highest BCUT2D eigenvalue weighted by atomic mass is 16.3. The first-order valence-electron chi connectivity index (χ1n) is 5.79. The van der Waals surface area contributed by atoms with Crippen molar-refractivity contribution in [3.8, 4) is 11.1 Å². The second-order valence-electron chi connectivity index (χ2n) is 4.06. The summed E-state index contributed by atoms with van der Waals surface area (Å²) in [6.07, 6.45) is 0. The lowest BCUT2D eigenvalue weighted by Gasteiger charge is -2.18. The summed E-state index contributed by atoms with van der Waals surface area (Å²) in [5.41, 5.74) is 3.56. The smallest absolute Gasteiger partial charge is 0.0606 e. The third-order valence-electron chi connectivity index (χ3n) is 2.85. The van der Waals surface area contributed by atoms with E-state index < -0.39 is 0 Å². The molecular formula is C15H17NO. The van der Waals surface area contributed by atoms with E-state index in [9.17, 15) is 0 Å². The molecule has 0 amide bonds. The Hall–Kier alpha value is -1.80. The average molecular weight is 227 g/mol. The third kappa shape index (κ3) is 2.86. The average Bonchev–Trinajstić information content (AvgIpc) is 2.40. The molecule has 0 aliphatic rings. The Morgan fingerprint density at radius 1 is 0.882 bits per heavy atom. The molecular weight excluding hydrogens is 210 g/mol. The lowest BCUT2D eigenvalue weighted by molar-refractivity contribution is 0.304. The van der Waals surface area contributed by atoms with Gasteiger partial charge >= 0.3 is 0 Å². The van der Waals surface area contributed by atoms with E-state index in [1.54, 1.807) is 0 Å². The molecule has 0 unspecified atom stereocenters. The Morgan fingerprint density at radius 2 is 1.47 bits per heavy atom. The van der Waals surface area contributed by atoms with Crippen molar-refractivity contribution in [2.24, 2.45) is 0 Å². The minimum absolute atomic E-state index is 0.178. The Balaban J connectivity index is 2.19. The van der Waals surface area contributed by atoms with Crippen molar-refractivity contribution in [2.45, 2.75) is 0 Å². The van der Waals surface area contributed by atoms with Crippen molar-refractivity contribution < 1.29 is 5.11 Å². The van der Waals surface area contributed by atoms with Crippen LogP contribution in [0.5, 0.6) is 0 Å². The number of anilines is 1. The van der Waals surface area contributed by atoms with E-state index in [0.29, 0.717) is 6.54 Å². The van der Waals surface area contributed by atoms with Crippen molar-refractivity contribution >= 4 is 5.69 Å². The van der Waals surface area contributed by atoms with Crippen molar-refractivity contribution in [2.75, 3.05) is 25.1 Å². The molecule has 2 nitrogen and oxygen atoms in total. The van der Waals surface area contributed by atoms with E-state index in [1.807, 2.05) is 30.1 Å². The van der Waals surface area contributed by atoms with Gasteiger partial charge in [-0.05, 0) is 23.3 Å². The maximum Gasteiger partial charge on any atom is 0.0606 e. The van der Waals surface area contributed by atoms with Crippen LogP contribution in [0.2, 0.25) is 0 Å². The first-order valence-corrected chi connectivity index (χ1v) is 5.79. The van der Waals surface area contributed by atoms with E-state index in [2.05, 4.69) is 36.4 Å². The Morgan fingerprint density at radius 3 is 2.06 bits per heavy atom. The van der Waals surface area contributed by atoms with E-state index in [-0.39, 0.29) is 6.61 Å². The maximum absolute atomic E-state index is 8.89. The monoisotopic (exact) mass is 227 g/mol. The van der Waals surface area contributed by atoms with Crippen molar-refractivity contribution in [3.05, 3.63) is 54.6 Å². The summed E-state index contributed by atoms with van der Waals surface area (Å²) in [7, 11) is 1.98. The number of nitrogens with zero attached hydrogens (tertiary/aromatic N) is 1. The third-order valence-corrected chi connectivity index (χ3v) is 2.85. The molecule has 0 saturated heterocycles. The molecule has 0 atom stereocenters. The number of aliphatic hydroxyl groups excluding tert-OH is 1. The summed E-state index contributed by atoms with van der Waals surface area (Å²) in [6, 6.07) is 18.7. The summed E-state index contributed by atoms with van der Waals surface area (Å²) >= 11 is 0. The Labute approximate surface area is 102 Å². The van der Waals surface area contributed by atoms with Crippen LogP contribution in [0.25, 0.3) is 11.1 Å². The van der Waals surface area contributed by atoms with Crippen molar-refractivity contribution in [1.29, 1.82) is 0 Å². The summed E-state index contributed by atoms with van der Waals surface area (Å²) in [5.74, 6) is 0. The van der Waals surface area contributed by atoms with Gasteiger partial charge in [-0.25, -0.2) is 0 Å². The van der Waals surface area contributed by atoms with Crippen LogP contribution in [0.4, 0.5) is 5.69 Å². The van der Waals surface area contributed by atoms with Gasteiger partial charge in [0.1, 0.15) is 0 Å². The standard InChI is InChI=1S/C15H17NO/c1-16(11-12-17)15-9-7-14(8-10-15)13-5-3-2-4-6-13/h2-10,17H,11-12H2,1H3. The van der Waals surface area contributed by atoms with Crippen LogP contribution in [0.15, 0.2) is 54.6 Å². The normalized spacial score (nSPS) is 10.2. The molecule has 0 heterocycles. The second kappa shape index (κ2) is 5.51. The molecule has 2 aromatic rings. The zero-order valence-corrected chi connectivity index (χ0v) is 10.0. The minimum Gasteiger partial charge on any atom is -0.395 e. The minimum atomic E-state index is 0.178. The number of hydrogen-bond acceptors (Lipinski definition) is 2. The van der Waals surface area contributed by atoms with Crippen molar-refractivity contribution in [1.82, 2.24) is 0 Å². The van der Waals surface area contributed by atoms with Crippen LogP contribution in [0, 0.1) is 0 Å². The van der Waals surface area contributed by atoms with E-state index in [4.69, 9.17) is 5.11 Å². The fourth-order valence-corrected chi connectivity index (χ4v) is 1.82. The predicted octanol–water partition coefficient (Wildman–Crippen LogP) is 2.78. The number of rotatable bonds is 4. The van der Waals surface area contributed by atoms with Gasteiger partial charge in [0.25, 0.3) is 0 Å². The molecule has 0 aromatic heterocycles. The number of benzene rings is 2. The van der Waals surface area contributed by atoms with Crippen LogP contribution < -0.4 is 4.90 Å². The largest absolute Gasteiger partial charge is 0.395 e. The van der Waals surface area contributed by atoms with Gasteiger partial charge in [0.2, 0.25) is 0 Å². The summed E-state index contributed by atoms with van der Waals surface area (Å²) in [4.78, 5) is 2.04. The Kier molecular flexibility index (Phi) is 3.78. The van der Waals surface area contributed by atoms with Gasteiger partial charge in [-0.3, -0.25) is 0 Å². The van der Waals surface area contributed by atoms with E-state index >= 15 is 0 Å². The van der Waals surface area contributed by atoms with E-state index in [1.165, 1.54) is 11.1 Å². The zero-order chi connectivity index (χ0) is 12.1. The predicted molar refractivity (Wildman–Crippen MR) is 72.2 cm³/mol. The first-order chi connectivity index (χ1) is 8.31. The molecule has 0 fully saturated rings. The molecule has 0 aliphatic heterocycles. The quantitative estimate of drug-likeness (QED) is 0.868. The van der Waals surface area contributed by atoms with Crippen molar-refractivity contribution in [3.63, 3.8) is 0 Å². The SMILES string of the molecule is CN(CCO)c1ccc(-c2ccccc2)cc1.